The van der Waals surface area contributed by atoms with E-state index >= 15 is 0 Å². The topological polar surface area (TPSA) is 29.3 Å². The number of rotatable bonds is 3. The van der Waals surface area contributed by atoms with Crippen LogP contribution in [0, 0.1) is 0 Å². The molecule has 2 heteroatoms. The first-order valence-corrected chi connectivity index (χ1v) is 6.20. The Hall–Kier alpha value is -1.02. The highest BCUT2D eigenvalue weighted by molar-refractivity contribution is 5.60. The molecule has 2 nitrogen and oxygen atoms in total. The van der Waals surface area contributed by atoms with E-state index in [9.17, 15) is 0 Å². The van der Waals surface area contributed by atoms with Crippen molar-refractivity contribution in [2.24, 2.45) is 5.73 Å². The third kappa shape index (κ3) is 2.07. The van der Waals surface area contributed by atoms with Crippen molar-refractivity contribution in [1.29, 1.82) is 0 Å². The molecule has 0 saturated carbocycles. The molecule has 0 aliphatic carbocycles. The Bertz CT molecular complexity index is 358. The lowest BCUT2D eigenvalue weighted by Gasteiger charge is -2.24. The van der Waals surface area contributed by atoms with Gasteiger partial charge in [0.1, 0.15) is 0 Å². The molecule has 0 aromatic heterocycles. The monoisotopic (exact) mass is 218 g/mol. The molecule has 0 radical (unpaired) electrons. The largest absolute Gasteiger partial charge is 0.368 e. The highest BCUT2D eigenvalue weighted by Crippen LogP contribution is 2.39. The molecule has 1 aliphatic rings. The third-order valence-corrected chi connectivity index (χ3v) is 3.38. The van der Waals surface area contributed by atoms with Crippen molar-refractivity contribution in [1.82, 2.24) is 0 Å². The minimum Gasteiger partial charge on any atom is -0.368 e. The van der Waals surface area contributed by atoms with Crippen LogP contribution in [-0.2, 0) is 0 Å². The maximum absolute atomic E-state index is 5.93. The summed E-state index contributed by atoms with van der Waals surface area (Å²) in [6, 6.07) is 9.60. The van der Waals surface area contributed by atoms with Crippen LogP contribution in [0.15, 0.2) is 24.3 Å². The van der Waals surface area contributed by atoms with Crippen LogP contribution < -0.4 is 10.6 Å². The predicted octanol–water partition coefficient (Wildman–Crippen LogP) is 2.74. The van der Waals surface area contributed by atoms with Gasteiger partial charge in [0.15, 0.2) is 0 Å². The Morgan fingerprint density at radius 2 is 2.00 bits per heavy atom. The summed E-state index contributed by atoms with van der Waals surface area (Å²) >= 11 is 0. The Labute approximate surface area is 98.4 Å². The van der Waals surface area contributed by atoms with E-state index in [4.69, 9.17) is 5.73 Å². The number of fused-ring (bicyclic) bond motifs is 1. The van der Waals surface area contributed by atoms with Gasteiger partial charge < -0.3 is 10.6 Å². The fourth-order valence-electron chi connectivity index (χ4n) is 2.67. The van der Waals surface area contributed by atoms with Gasteiger partial charge in [-0.15, -0.1) is 0 Å². The van der Waals surface area contributed by atoms with Gasteiger partial charge >= 0.3 is 0 Å². The highest BCUT2D eigenvalue weighted by Gasteiger charge is 2.29. The summed E-state index contributed by atoms with van der Waals surface area (Å²) in [7, 11) is 0. The van der Waals surface area contributed by atoms with E-state index in [1.165, 1.54) is 11.3 Å². The molecule has 1 aromatic carbocycles. The van der Waals surface area contributed by atoms with Crippen molar-refractivity contribution >= 4 is 5.69 Å². The highest BCUT2D eigenvalue weighted by atomic mass is 15.2. The molecular formula is C14H22N2. The molecule has 0 spiro atoms. The maximum Gasteiger partial charge on any atom is 0.0404 e. The van der Waals surface area contributed by atoms with Crippen LogP contribution in [-0.4, -0.2) is 18.6 Å². The van der Waals surface area contributed by atoms with Gasteiger partial charge in [0, 0.05) is 30.2 Å². The van der Waals surface area contributed by atoms with Gasteiger partial charge in [-0.25, -0.2) is 0 Å². The zero-order valence-electron chi connectivity index (χ0n) is 10.5. The van der Waals surface area contributed by atoms with Gasteiger partial charge in [-0.05, 0) is 38.8 Å². The minimum atomic E-state index is 0.283. The molecule has 88 valence electrons. The van der Waals surface area contributed by atoms with E-state index in [0.717, 1.165) is 13.0 Å². The Morgan fingerprint density at radius 1 is 1.31 bits per heavy atom. The zero-order chi connectivity index (χ0) is 11.7. The lowest BCUT2D eigenvalue weighted by Crippen LogP contribution is -2.30. The predicted molar refractivity (Wildman–Crippen MR) is 69.9 cm³/mol. The first-order chi connectivity index (χ1) is 7.59. The van der Waals surface area contributed by atoms with Crippen LogP contribution in [0.25, 0.3) is 0 Å². The zero-order valence-corrected chi connectivity index (χ0v) is 10.5. The molecule has 0 amide bonds. The van der Waals surface area contributed by atoms with E-state index in [2.05, 4.69) is 49.9 Å². The summed E-state index contributed by atoms with van der Waals surface area (Å²) in [6.45, 7) is 7.73. The van der Waals surface area contributed by atoms with Crippen LogP contribution in [0.1, 0.15) is 38.7 Å². The first-order valence-electron chi connectivity index (χ1n) is 6.20. The Morgan fingerprint density at radius 3 is 2.62 bits per heavy atom. The lowest BCUT2D eigenvalue weighted by molar-refractivity contribution is 0.552. The summed E-state index contributed by atoms with van der Waals surface area (Å²) in [6.07, 6.45) is 1.08. The van der Waals surface area contributed by atoms with Crippen molar-refractivity contribution < 1.29 is 0 Å². The van der Waals surface area contributed by atoms with Crippen molar-refractivity contribution in [3.05, 3.63) is 29.8 Å². The molecule has 1 aromatic rings. The van der Waals surface area contributed by atoms with Crippen LogP contribution in [0.5, 0.6) is 0 Å². The molecule has 2 N–H and O–H groups in total. The summed E-state index contributed by atoms with van der Waals surface area (Å²) in [4.78, 5) is 2.49. The number of nitrogens with zero attached hydrogens (tertiary/aromatic N) is 1. The van der Waals surface area contributed by atoms with Gasteiger partial charge in [0.05, 0.1) is 0 Å². The molecule has 2 unspecified atom stereocenters. The molecule has 0 bridgehead atoms. The maximum atomic E-state index is 5.93. The summed E-state index contributed by atoms with van der Waals surface area (Å²) in [5.41, 5.74) is 8.82. The van der Waals surface area contributed by atoms with Crippen molar-refractivity contribution in [2.45, 2.75) is 45.2 Å². The van der Waals surface area contributed by atoms with Crippen LogP contribution in [0.3, 0.4) is 0 Å². The van der Waals surface area contributed by atoms with E-state index in [1.54, 1.807) is 0 Å². The smallest absolute Gasteiger partial charge is 0.0404 e. The molecule has 0 saturated heterocycles. The summed E-state index contributed by atoms with van der Waals surface area (Å²) in [5.74, 6) is 0.610. The van der Waals surface area contributed by atoms with E-state index in [0.29, 0.717) is 12.0 Å². The summed E-state index contributed by atoms with van der Waals surface area (Å²) < 4.78 is 0. The normalized spacial score (nSPS) is 21.3. The van der Waals surface area contributed by atoms with Crippen molar-refractivity contribution in [3.63, 3.8) is 0 Å². The van der Waals surface area contributed by atoms with Gasteiger partial charge in [-0.3, -0.25) is 0 Å². The first kappa shape index (κ1) is 11.5. The van der Waals surface area contributed by atoms with Crippen LogP contribution in [0.4, 0.5) is 5.69 Å². The molecule has 1 aliphatic heterocycles. The fourth-order valence-corrected chi connectivity index (χ4v) is 2.67. The van der Waals surface area contributed by atoms with Crippen molar-refractivity contribution in [2.75, 3.05) is 11.4 Å². The number of nitrogens with two attached hydrogens (primary N) is 1. The number of anilines is 1. The number of para-hydroxylation sites is 1. The second-order valence-electron chi connectivity index (χ2n) is 5.21. The summed E-state index contributed by atoms with van der Waals surface area (Å²) in [5, 5.41) is 0. The Balaban J connectivity index is 2.28. The quantitative estimate of drug-likeness (QED) is 0.845. The average Bonchev–Trinajstić information content (AvgIpc) is 2.57. The fraction of sp³-hybridized carbons (Fsp3) is 0.571. The number of hydrogen-bond donors (Lipinski definition) is 1. The van der Waals surface area contributed by atoms with Gasteiger partial charge in [0.2, 0.25) is 0 Å². The molecule has 1 heterocycles. The minimum absolute atomic E-state index is 0.283. The number of hydrogen-bond acceptors (Lipinski definition) is 2. The second kappa shape index (κ2) is 4.46. The Kier molecular flexibility index (Phi) is 3.20. The van der Waals surface area contributed by atoms with Crippen LogP contribution in [0.2, 0.25) is 0 Å². The molecule has 16 heavy (non-hydrogen) atoms. The molecule has 2 rings (SSSR count). The molecule has 2 atom stereocenters. The van der Waals surface area contributed by atoms with E-state index in [1.807, 2.05) is 0 Å². The molecular weight excluding hydrogens is 196 g/mol. The SMILES string of the molecule is CC(N)CC1CN(C(C)C)c2ccccc21. The van der Waals surface area contributed by atoms with Gasteiger partial charge in [-0.1, -0.05) is 18.2 Å². The van der Waals surface area contributed by atoms with Gasteiger partial charge in [0.25, 0.3) is 0 Å². The lowest BCUT2D eigenvalue weighted by atomic mass is 9.95. The van der Waals surface area contributed by atoms with Crippen molar-refractivity contribution in [3.8, 4) is 0 Å². The average molecular weight is 218 g/mol. The van der Waals surface area contributed by atoms with Crippen LogP contribution >= 0.6 is 0 Å². The standard InChI is InChI=1S/C14H22N2/c1-10(2)16-9-12(8-11(3)15)13-6-4-5-7-14(13)16/h4-7,10-12H,8-9,15H2,1-3H3. The molecule has 0 fully saturated rings. The van der Waals surface area contributed by atoms with Gasteiger partial charge in [-0.2, -0.15) is 0 Å². The second-order valence-corrected chi connectivity index (χ2v) is 5.21. The number of benzene rings is 1. The van der Waals surface area contributed by atoms with E-state index < -0.39 is 0 Å². The third-order valence-electron chi connectivity index (χ3n) is 3.38. The van der Waals surface area contributed by atoms with E-state index in [-0.39, 0.29) is 6.04 Å².